The number of ketones is 1. The van der Waals surface area contributed by atoms with Gasteiger partial charge in [-0.05, 0) is 25.0 Å². The van der Waals surface area contributed by atoms with Gasteiger partial charge >= 0.3 is 0 Å². The highest BCUT2D eigenvalue weighted by atomic mass is 16.5. The molecule has 1 fully saturated rings. The lowest BCUT2D eigenvalue weighted by Crippen LogP contribution is -2.59. The van der Waals surface area contributed by atoms with E-state index in [1.54, 1.807) is 6.07 Å². The van der Waals surface area contributed by atoms with E-state index < -0.39 is 5.41 Å². The molecular formula is C16H13NO2. The molecule has 94 valence electrons. The van der Waals surface area contributed by atoms with E-state index in [1.165, 1.54) is 0 Å². The Morgan fingerprint density at radius 1 is 1.26 bits per heavy atom. The second-order valence-corrected chi connectivity index (χ2v) is 5.58. The molecule has 0 radical (unpaired) electrons. The summed E-state index contributed by atoms with van der Waals surface area (Å²) in [6.07, 6.45) is 5.76. The van der Waals surface area contributed by atoms with Crippen LogP contribution in [0.3, 0.4) is 0 Å². The standard InChI is InChI=1S/C16H13NO2/c17-9-16-11-7-5-10(6-8-11)15(16)19-13-4-2-1-3-12(13)14(16)18/h1-5,7,10-11,15H,6,8H2/t10-,11+,15-,16-/m1/s1. The van der Waals surface area contributed by atoms with Gasteiger partial charge in [-0.2, -0.15) is 5.26 Å². The zero-order chi connectivity index (χ0) is 13.0. The first-order valence-corrected chi connectivity index (χ1v) is 6.67. The summed E-state index contributed by atoms with van der Waals surface area (Å²) >= 11 is 0. The van der Waals surface area contributed by atoms with Crippen molar-refractivity contribution in [2.45, 2.75) is 18.9 Å². The van der Waals surface area contributed by atoms with Crippen LogP contribution in [0.15, 0.2) is 36.4 Å². The molecule has 19 heavy (non-hydrogen) atoms. The molecule has 0 aromatic heterocycles. The molecule has 1 heterocycles. The first-order valence-electron chi connectivity index (χ1n) is 6.67. The number of benzene rings is 1. The predicted octanol–water partition coefficient (Wildman–Crippen LogP) is 2.74. The number of Topliss-reactive ketones (excluding diaryl/α,β-unsaturated/α-hetero) is 1. The Kier molecular flexibility index (Phi) is 1.98. The predicted molar refractivity (Wildman–Crippen MR) is 68.6 cm³/mol. The Morgan fingerprint density at radius 3 is 2.84 bits per heavy atom. The summed E-state index contributed by atoms with van der Waals surface area (Å²) in [4.78, 5) is 12.9. The van der Waals surface area contributed by atoms with E-state index in [2.05, 4.69) is 12.1 Å². The van der Waals surface area contributed by atoms with E-state index >= 15 is 0 Å². The third-order valence-electron chi connectivity index (χ3n) is 4.77. The summed E-state index contributed by atoms with van der Waals surface area (Å²) in [5, 5.41) is 9.71. The summed E-state index contributed by atoms with van der Waals surface area (Å²) in [7, 11) is 0. The Hall–Kier alpha value is -2.08. The minimum Gasteiger partial charge on any atom is -0.487 e. The summed E-state index contributed by atoms with van der Waals surface area (Å²) in [5.74, 6) is 0.750. The number of para-hydroxylation sites is 1. The fourth-order valence-electron chi connectivity index (χ4n) is 3.81. The molecule has 1 aromatic carbocycles. The zero-order valence-corrected chi connectivity index (χ0v) is 10.4. The lowest BCUT2D eigenvalue weighted by Gasteiger charge is -2.51. The van der Waals surface area contributed by atoms with E-state index in [4.69, 9.17) is 4.74 Å². The van der Waals surface area contributed by atoms with E-state index in [1.807, 2.05) is 24.3 Å². The number of carbonyl (C=O) groups excluding carboxylic acids is 1. The normalized spacial score (nSPS) is 38.1. The molecule has 0 unspecified atom stereocenters. The third kappa shape index (κ3) is 1.14. The van der Waals surface area contributed by atoms with Crippen LogP contribution in [0.5, 0.6) is 5.75 Å². The van der Waals surface area contributed by atoms with E-state index in [0.29, 0.717) is 11.3 Å². The highest BCUT2D eigenvalue weighted by molar-refractivity contribution is 6.06. The van der Waals surface area contributed by atoms with Crippen molar-refractivity contribution in [3.63, 3.8) is 0 Å². The second-order valence-electron chi connectivity index (χ2n) is 5.58. The van der Waals surface area contributed by atoms with Crippen LogP contribution in [-0.4, -0.2) is 11.9 Å². The SMILES string of the molecule is N#C[C@@]12C(=O)c3ccccc3O[C@@H]1[C@@H]1C=C[C@H]2CC1. The molecule has 4 aliphatic rings. The number of ether oxygens (including phenoxy) is 1. The van der Waals surface area contributed by atoms with E-state index in [9.17, 15) is 10.1 Å². The molecule has 1 saturated carbocycles. The lowest BCUT2D eigenvalue weighted by atomic mass is 9.54. The van der Waals surface area contributed by atoms with Gasteiger partial charge in [0.15, 0.2) is 11.2 Å². The molecule has 1 aromatic rings. The highest BCUT2D eigenvalue weighted by Gasteiger charge is 2.61. The number of nitrogens with zero attached hydrogens (tertiary/aromatic N) is 1. The van der Waals surface area contributed by atoms with Gasteiger partial charge in [0.05, 0.1) is 11.6 Å². The number of nitriles is 1. The Labute approximate surface area is 111 Å². The van der Waals surface area contributed by atoms with Gasteiger partial charge < -0.3 is 4.74 Å². The molecule has 3 heteroatoms. The first-order chi connectivity index (χ1) is 9.27. The number of allylic oxidation sites excluding steroid dienone is 1. The fraction of sp³-hybridized carbons (Fsp3) is 0.375. The van der Waals surface area contributed by atoms with Crippen LogP contribution in [0.1, 0.15) is 23.2 Å². The largest absolute Gasteiger partial charge is 0.487 e. The van der Waals surface area contributed by atoms with Crippen molar-refractivity contribution in [1.29, 1.82) is 5.26 Å². The summed E-state index contributed by atoms with van der Waals surface area (Å²) in [5.41, 5.74) is -0.451. The maximum absolute atomic E-state index is 12.9. The van der Waals surface area contributed by atoms with Crippen LogP contribution in [0.2, 0.25) is 0 Å². The molecule has 4 atom stereocenters. The van der Waals surface area contributed by atoms with Crippen LogP contribution in [-0.2, 0) is 0 Å². The number of fused-ring (bicyclic) bond motifs is 2. The topological polar surface area (TPSA) is 50.1 Å². The Bertz CT molecular complexity index is 642. The fourth-order valence-corrected chi connectivity index (χ4v) is 3.81. The van der Waals surface area contributed by atoms with E-state index in [0.717, 1.165) is 12.8 Å². The van der Waals surface area contributed by atoms with Crippen molar-refractivity contribution in [3.8, 4) is 11.8 Å². The maximum Gasteiger partial charge on any atom is 0.191 e. The van der Waals surface area contributed by atoms with Crippen LogP contribution in [0.4, 0.5) is 0 Å². The molecule has 0 N–H and O–H groups in total. The van der Waals surface area contributed by atoms with Crippen LogP contribution in [0.25, 0.3) is 0 Å². The van der Waals surface area contributed by atoms with Crippen molar-refractivity contribution in [2.24, 2.45) is 17.3 Å². The van der Waals surface area contributed by atoms with Crippen molar-refractivity contribution in [2.75, 3.05) is 0 Å². The highest BCUT2D eigenvalue weighted by Crippen LogP contribution is 2.54. The Morgan fingerprint density at radius 2 is 2.11 bits per heavy atom. The molecule has 3 aliphatic carbocycles. The van der Waals surface area contributed by atoms with Gasteiger partial charge in [0.25, 0.3) is 0 Å². The number of hydrogen-bond donors (Lipinski definition) is 0. The molecule has 3 nitrogen and oxygen atoms in total. The molecule has 2 bridgehead atoms. The monoisotopic (exact) mass is 251 g/mol. The number of hydrogen-bond acceptors (Lipinski definition) is 3. The lowest BCUT2D eigenvalue weighted by molar-refractivity contribution is -0.0177. The van der Waals surface area contributed by atoms with Crippen molar-refractivity contribution < 1.29 is 9.53 Å². The summed E-state index contributed by atoms with van der Waals surface area (Å²) in [6, 6.07) is 9.58. The van der Waals surface area contributed by atoms with Crippen LogP contribution < -0.4 is 4.74 Å². The quantitative estimate of drug-likeness (QED) is 0.666. The van der Waals surface area contributed by atoms with Gasteiger partial charge in [0.1, 0.15) is 11.9 Å². The van der Waals surface area contributed by atoms with Gasteiger partial charge in [0, 0.05) is 11.8 Å². The van der Waals surface area contributed by atoms with Crippen molar-refractivity contribution >= 4 is 5.78 Å². The summed E-state index contributed by atoms with van der Waals surface area (Å²) < 4.78 is 6.04. The zero-order valence-electron chi connectivity index (χ0n) is 10.4. The van der Waals surface area contributed by atoms with Gasteiger partial charge in [0.2, 0.25) is 0 Å². The van der Waals surface area contributed by atoms with E-state index in [-0.39, 0.29) is 23.7 Å². The number of carbonyl (C=O) groups is 1. The molecular weight excluding hydrogens is 238 g/mol. The average Bonchev–Trinajstić information content (AvgIpc) is 2.49. The van der Waals surface area contributed by atoms with Crippen molar-refractivity contribution in [3.05, 3.63) is 42.0 Å². The summed E-state index contributed by atoms with van der Waals surface area (Å²) in [6.45, 7) is 0. The Balaban J connectivity index is 1.96. The molecule has 1 aliphatic heterocycles. The van der Waals surface area contributed by atoms with Crippen LogP contribution in [0, 0.1) is 28.6 Å². The van der Waals surface area contributed by atoms with Gasteiger partial charge in [-0.1, -0.05) is 24.3 Å². The molecule has 0 amide bonds. The number of rotatable bonds is 0. The molecule has 0 saturated heterocycles. The van der Waals surface area contributed by atoms with Crippen LogP contribution >= 0.6 is 0 Å². The minimum atomic E-state index is -1.01. The van der Waals surface area contributed by atoms with Gasteiger partial charge in [-0.25, -0.2) is 0 Å². The maximum atomic E-state index is 12.9. The average molecular weight is 251 g/mol. The molecule has 0 spiro atoms. The third-order valence-corrected chi connectivity index (χ3v) is 4.77. The first kappa shape index (κ1) is 10.8. The minimum absolute atomic E-state index is 0.00615. The smallest absolute Gasteiger partial charge is 0.191 e. The molecule has 5 rings (SSSR count). The van der Waals surface area contributed by atoms with Gasteiger partial charge in [-0.15, -0.1) is 0 Å². The van der Waals surface area contributed by atoms with Gasteiger partial charge in [-0.3, -0.25) is 4.79 Å². The van der Waals surface area contributed by atoms with Crippen molar-refractivity contribution in [1.82, 2.24) is 0 Å². The second kappa shape index (κ2) is 3.48.